The standard InChI is InChI=1S/C30H30N6O2/c1-21-7-8-22(14-29(37)23-5-4-6-25(15-23)30(2,3)20-31)13-28(21)36-19-27(33-34-36)24-16-26(18-32-17-24)35-9-11-38-12-10-35/h4-8,13,15-19H,9-12,14H2,1-3H3. The number of nitrogens with zero attached hydrogens (tertiary/aromatic N) is 6. The Balaban J connectivity index is 1.37. The van der Waals surface area contributed by atoms with Gasteiger partial charge >= 0.3 is 0 Å². The Hall–Kier alpha value is -4.35. The number of aromatic nitrogens is 4. The van der Waals surface area contributed by atoms with Crippen LogP contribution in [-0.4, -0.2) is 52.1 Å². The van der Waals surface area contributed by atoms with Crippen LogP contribution in [-0.2, 0) is 16.6 Å². The normalized spacial score (nSPS) is 13.8. The molecule has 1 saturated heterocycles. The van der Waals surface area contributed by atoms with E-state index >= 15 is 0 Å². The minimum Gasteiger partial charge on any atom is -0.378 e. The number of ketones is 1. The van der Waals surface area contributed by atoms with Crippen LogP contribution in [0, 0.1) is 18.3 Å². The molecule has 0 unspecified atom stereocenters. The topological polar surface area (TPSA) is 96.9 Å². The summed E-state index contributed by atoms with van der Waals surface area (Å²) < 4.78 is 7.21. The van der Waals surface area contributed by atoms with E-state index < -0.39 is 5.41 Å². The number of pyridine rings is 1. The lowest BCUT2D eigenvalue weighted by atomic mass is 9.85. The first-order valence-electron chi connectivity index (χ1n) is 12.7. The van der Waals surface area contributed by atoms with E-state index in [0.717, 1.165) is 52.4 Å². The second-order valence-electron chi connectivity index (χ2n) is 10.1. The first-order valence-corrected chi connectivity index (χ1v) is 12.7. The molecule has 38 heavy (non-hydrogen) atoms. The minimum absolute atomic E-state index is 0.000624. The van der Waals surface area contributed by atoms with Crippen LogP contribution < -0.4 is 4.90 Å². The molecular weight excluding hydrogens is 476 g/mol. The summed E-state index contributed by atoms with van der Waals surface area (Å²) >= 11 is 0. The van der Waals surface area contributed by atoms with Gasteiger partial charge in [-0.25, -0.2) is 4.68 Å². The Kier molecular flexibility index (Phi) is 7.03. The van der Waals surface area contributed by atoms with Gasteiger partial charge in [0.05, 0.1) is 48.5 Å². The third-order valence-corrected chi connectivity index (χ3v) is 6.96. The minimum atomic E-state index is -0.657. The second-order valence-corrected chi connectivity index (χ2v) is 10.1. The fourth-order valence-corrected chi connectivity index (χ4v) is 4.52. The third kappa shape index (κ3) is 5.34. The maximum absolute atomic E-state index is 13.1. The molecule has 0 bridgehead atoms. The molecule has 0 saturated carbocycles. The molecule has 2 aromatic heterocycles. The molecule has 1 aliphatic heterocycles. The van der Waals surface area contributed by atoms with Crippen molar-refractivity contribution in [2.75, 3.05) is 31.2 Å². The van der Waals surface area contributed by atoms with Crippen LogP contribution in [0.3, 0.4) is 0 Å². The molecule has 0 radical (unpaired) electrons. The summed E-state index contributed by atoms with van der Waals surface area (Å²) in [6.45, 7) is 8.81. The molecular formula is C30H30N6O2. The van der Waals surface area contributed by atoms with Crippen molar-refractivity contribution in [2.24, 2.45) is 0 Å². The lowest BCUT2D eigenvalue weighted by Gasteiger charge is -2.28. The maximum Gasteiger partial charge on any atom is 0.167 e. The molecule has 0 atom stereocenters. The monoisotopic (exact) mass is 506 g/mol. The second kappa shape index (κ2) is 10.6. The van der Waals surface area contributed by atoms with Crippen LogP contribution in [0.25, 0.3) is 16.9 Å². The van der Waals surface area contributed by atoms with Crippen LogP contribution in [0.4, 0.5) is 5.69 Å². The highest BCUT2D eigenvalue weighted by molar-refractivity contribution is 5.97. The van der Waals surface area contributed by atoms with Crippen LogP contribution in [0.15, 0.2) is 67.1 Å². The van der Waals surface area contributed by atoms with Gasteiger partial charge in [-0.1, -0.05) is 35.5 Å². The summed E-state index contributed by atoms with van der Waals surface area (Å²) in [5, 5.41) is 18.3. The predicted molar refractivity (Wildman–Crippen MR) is 145 cm³/mol. The molecule has 8 nitrogen and oxygen atoms in total. The van der Waals surface area contributed by atoms with E-state index in [2.05, 4.69) is 32.3 Å². The van der Waals surface area contributed by atoms with Gasteiger partial charge in [-0.2, -0.15) is 5.26 Å². The molecule has 192 valence electrons. The number of anilines is 1. The van der Waals surface area contributed by atoms with Gasteiger partial charge in [-0.3, -0.25) is 9.78 Å². The van der Waals surface area contributed by atoms with Crippen molar-refractivity contribution >= 4 is 11.5 Å². The highest BCUT2D eigenvalue weighted by Gasteiger charge is 2.21. The smallest absolute Gasteiger partial charge is 0.167 e. The number of morpholine rings is 1. The van der Waals surface area contributed by atoms with Crippen molar-refractivity contribution in [3.8, 4) is 23.0 Å². The van der Waals surface area contributed by atoms with E-state index in [1.807, 2.05) is 69.6 Å². The molecule has 4 aromatic rings. The van der Waals surface area contributed by atoms with Gasteiger partial charge in [0.2, 0.25) is 0 Å². The van der Waals surface area contributed by atoms with Crippen LogP contribution in [0.5, 0.6) is 0 Å². The highest BCUT2D eigenvalue weighted by Crippen LogP contribution is 2.26. The highest BCUT2D eigenvalue weighted by atomic mass is 16.5. The number of rotatable bonds is 7. The number of hydrogen-bond acceptors (Lipinski definition) is 7. The van der Waals surface area contributed by atoms with Crippen LogP contribution in [0.2, 0.25) is 0 Å². The summed E-state index contributed by atoms with van der Waals surface area (Å²) in [6.07, 6.45) is 5.79. The van der Waals surface area contributed by atoms with Crippen molar-refractivity contribution < 1.29 is 9.53 Å². The van der Waals surface area contributed by atoms with Gasteiger partial charge in [0, 0.05) is 36.8 Å². The van der Waals surface area contributed by atoms with Gasteiger partial charge in [0.15, 0.2) is 5.78 Å². The van der Waals surface area contributed by atoms with Crippen molar-refractivity contribution in [1.82, 2.24) is 20.0 Å². The Bertz CT molecular complexity index is 1510. The lowest BCUT2D eigenvalue weighted by Crippen LogP contribution is -2.36. The summed E-state index contributed by atoms with van der Waals surface area (Å²) in [5.74, 6) is 0.000624. The maximum atomic E-state index is 13.1. The summed E-state index contributed by atoms with van der Waals surface area (Å²) in [4.78, 5) is 19.8. The summed E-state index contributed by atoms with van der Waals surface area (Å²) in [5.41, 5.74) is 6.21. The zero-order valence-corrected chi connectivity index (χ0v) is 21.9. The molecule has 8 heteroatoms. The van der Waals surface area contributed by atoms with Crippen LogP contribution in [0.1, 0.15) is 40.9 Å². The SMILES string of the molecule is Cc1ccc(CC(=O)c2cccc(C(C)(C)C#N)c2)cc1-n1cc(-c2cncc(N3CCOCC3)c2)nn1. The number of nitriles is 1. The van der Waals surface area contributed by atoms with Gasteiger partial charge in [0.25, 0.3) is 0 Å². The molecule has 0 aliphatic carbocycles. The van der Waals surface area contributed by atoms with E-state index in [9.17, 15) is 10.1 Å². The number of ether oxygens (including phenoxy) is 1. The van der Waals surface area contributed by atoms with Gasteiger partial charge in [-0.05, 0) is 55.7 Å². The van der Waals surface area contributed by atoms with Crippen molar-refractivity contribution in [2.45, 2.75) is 32.6 Å². The average molecular weight is 507 g/mol. The van der Waals surface area contributed by atoms with E-state index in [0.29, 0.717) is 18.8 Å². The summed E-state index contributed by atoms with van der Waals surface area (Å²) in [6, 6.07) is 17.7. The Morgan fingerprint density at radius 1 is 1.11 bits per heavy atom. The van der Waals surface area contributed by atoms with Crippen LogP contribution >= 0.6 is 0 Å². The number of hydrogen-bond donors (Lipinski definition) is 0. The van der Waals surface area contributed by atoms with Gasteiger partial charge < -0.3 is 9.64 Å². The van der Waals surface area contributed by atoms with E-state index in [-0.39, 0.29) is 12.2 Å². The van der Waals surface area contributed by atoms with E-state index in [4.69, 9.17) is 4.74 Å². The zero-order valence-electron chi connectivity index (χ0n) is 21.9. The number of benzene rings is 2. The number of Topliss-reactive ketones (excluding diaryl/α,β-unsaturated/α-hetero) is 1. The lowest BCUT2D eigenvalue weighted by molar-refractivity contribution is 0.0993. The van der Waals surface area contributed by atoms with Crippen molar-refractivity contribution in [1.29, 1.82) is 5.26 Å². The Labute approximate surface area is 222 Å². The quantitative estimate of drug-likeness (QED) is 0.335. The predicted octanol–water partition coefficient (Wildman–Crippen LogP) is 4.70. The van der Waals surface area contributed by atoms with Gasteiger partial charge in [-0.15, -0.1) is 5.10 Å². The molecule has 5 rings (SSSR count). The van der Waals surface area contributed by atoms with E-state index in [1.54, 1.807) is 16.9 Å². The molecule has 0 spiro atoms. The zero-order chi connectivity index (χ0) is 26.7. The molecule has 0 N–H and O–H groups in total. The largest absolute Gasteiger partial charge is 0.378 e. The average Bonchev–Trinajstić information content (AvgIpc) is 3.45. The molecule has 0 amide bonds. The molecule has 1 aliphatic rings. The fraction of sp³-hybridized carbons (Fsp3) is 0.300. The first kappa shape index (κ1) is 25.3. The number of carbonyl (C=O) groups excluding carboxylic acids is 1. The van der Waals surface area contributed by atoms with Gasteiger partial charge in [0.1, 0.15) is 5.69 Å². The molecule has 1 fully saturated rings. The van der Waals surface area contributed by atoms with Crippen molar-refractivity contribution in [3.63, 3.8) is 0 Å². The number of aryl methyl sites for hydroxylation is 1. The molecule has 3 heterocycles. The Morgan fingerprint density at radius 2 is 1.92 bits per heavy atom. The third-order valence-electron chi connectivity index (χ3n) is 6.96. The van der Waals surface area contributed by atoms with Crippen molar-refractivity contribution in [3.05, 3.63) is 89.4 Å². The Morgan fingerprint density at radius 3 is 2.71 bits per heavy atom. The number of carbonyl (C=O) groups is 1. The van der Waals surface area contributed by atoms with E-state index in [1.165, 1.54) is 0 Å². The fourth-order valence-electron chi connectivity index (χ4n) is 4.52. The first-order chi connectivity index (χ1) is 18.3. The summed E-state index contributed by atoms with van der Waals surface area (Å²) in [7, 11) is 0. The molecule has 2 aromatic carbocycles.